The van der Waals surface area contributed by atoms with E-state index >= 15 is 0 Å². The largest absolute Gasteiger partial charge is 0.341 e. The number of nitrogens with zero attached hydrogens (tertiary/aromatic N) is 1. The molecule has 0 aromatic rings. The van der Waals surface area contributed by atoms with Gasteiger partial charge in [0.15, 0.2) is 0 Å². The maximum absolute atomic E-state index is 11.1. The summed E-state index contributed by atoms with van der Waals surface area (Å²) in [7, 11) is 0. The Morgan fingerprint density at radius 2 is 2.33 bits per heavy atom. The van der Waals surface area contributed by atoms with Crippen LogP contribution >= 0.6 is 0 Å². The van der Waals surface area contributed by atoms with E-state index in [1.54, 1.807) is 6.92 Å². The summed E-state index contributed by atoms with van der Waals surface area (Å²) < 4.78 is 0. The van der Waals surface area contributed by atoms with E-state index in [-0.39, 0.29) is 5.91 Å². The zero-order valence-corrected chi connectivity index (χ0v) is 7.55. The van der Waals surface area contributed by atoms with E-state index in [0.717, 1.165) is 25.6 Å². The van der Waals surface area contributed by atoms with Gasteiger partial charge in [-0.05, 0) is 25.3 Å². The second-order valence-electron chi connectivity index (χ2n) is 3.86. The van der Waals surface area contributed by atoms with E-state index in [0.29, 0.717) is 6.04 Å². The summed E-state index contributed by atoms with van der Waals surface area (Å²) in [5.74, 6) is 1.06. The summed E-state index contributed by atoms with van der Waals surface area (Å²) in [6.45, 7) is 4.70. The van der Waals surface area contributed by atoms with Crippen LogP contribution < -0.4 is 5.32 Å². The van der Waals surface area contributed by atoms with Gasteiger partial charge in [-0.3, -0.25) is 4.79 Å². The molecule has 0 aromatic heterocycles. The summed E-state index contributed by atoms with van der Waals surface area (Å²) in [4.78, 5) is 13.0. The average Bonchev–Trinajstić information content (AvgIpc) is 2.49. The third-order valence-corrected chi connectivity index (χ3v) is 3.12. The van der Waals surface area contributed by atoms with E-state index in [4.69, 9.17) is 0 Å². The molecule has 2 atom stereocenters. The summed E-state index contributed by atoms with van der Waals surface area (Å²) in [5.41, 5.74) is 0. The van der Waals surface area contributed by atoms with Crippen molar-refractivity contribution in [2.45, 2.75) is 25.8 Å². The van der Waals surface area contributed by atoms with Crippen LogP contribution in [0.1, 0.15) is 19.8 Å². The van der Waals surface area contributed by atoms with Crippen LogP contribution in [0, 0.1) is 5.92 Å². The van der Waals surface area contributed by atoms with Crippen molar-refractivity contribution in [1.29, 1.82) is 0 Å². The highest BCUT2D eigenvalue weighted by Gasteiger charge is 2.33. The maximum Gasteiger partial charge on any atom is 0.219 e. The zero-order chi connectivity index (χ0) is 8.55. The van der Waals surface area contributed by atoms with Gasteiger partial charge in [-0.15, -0.1) is 0 Å². The first-order chi connectivity index (χ1) is 5.77. The predicted molar refractivity (Wildman–Crippen MR) is 46.8 cm³/mol. The molecule has 0 bridgehead atoms. The molecule has 2 aliphatic rings. The first-order valence-electron chi connectivity index (χ1n) is 4.76. The minimum absolute atomic E-state index is 0.224. The van der Waals surface area contributed by atoms with Crippen LogP contribution in [0.4, 0.5) is 0 Å². The highest BCUT2D eigenvalue weighted by Crippen LogP contribution is 2.24. The van der Waals surface area contributed by atoms with Gasteiger partial charge in [0, 0.05) is 26.1 Å². The smallest absolute Gasteiger partial charge is 0.219 e. The van der Waals surface area contributed by atoms with Crippen molar-refractivity contribution in [3.63, 3.8) is 0 Å². The lowest BCUT2D eigenvalue weighted by atomic mass is 9.93. The van der Waals surface area contributed by atoms with Gasteiger partial charge >= 0.3 is 0 Å². The number of nitrogens with one attached hydrogen (secondary N) is 1. The SMILES string of the molecule is CC(=O)N1CC[C@@H]2CCN[C@@H]2C1. The molecule has 1 amide bonds. The molecule has 2 saturated heterocycles. The maximum atomic E-state index is 11.1. The van der Waals surface area contributed by atoms with E-state index < -0.39 is 0 Å². The van der Waals surface area contributed by atoms with Crippen LogP contribution in [0.5, 0.6) is 0 Å². The first-order valence-corrected chi connectivity index (χ1v) is 4.76. The Morgan fingerprint density at radius 3 is 3.08 bits per heavy atom. The number of fused-ring (bicyclic) bond motifs is 1. The van der Waals surface area contributed by atoms with Gasteiger partial charge in [-0.1, -0.05) is 0 Å². The Hall–Kier alpha value is -0.570. The molecule has 1 N–H and O–H groups in total. The number of rotatable bonds is 0. The van der Waals surface area contributed by atoms with Gasteiger partial charge in [0.25, 0.3) is 0 Å². The number of piperidine rings is 1. The van der Waals surface area contributed by atoms with Gasteiger partial charge in [0.05, 0.1) is 0 Å². The molecular weight excluding hydrogens is 152 g/mol. The normalized spacial score (nSPS) is 34.9. The Balaban J connectivity index is 1.96. The highest BCUT2D eigenvalue weighted by molar-refractivity contribution is 5.73. The fraction of sp³-hybridized carbons (Fsp3) is 0.889. The number of hydrogen-bond acceptors (Lipinski definition) is 2. The number of hydrogen-bond donors (Lipinski definition) is 1. The quantitative estimate of drug-likeness (QED) is 0.561. The Morgan fingerprint density at radius 1 is 1.50 bits per heavy atom. The van der Waals surface area contributed by atoms with Gasteiger partial charge in [0.1, 0.15) is 0 Å². The fourth-order valence-electron chi connectivity index (χ4n) is 2.32. The minimum Gasteiger partial charge on any atom is -0.341 e. The molecule has 2 heterocycles. The van der Waals surface area contributed by atoms with Crippen LogP contribution in [0.3, 0.4) is 0 Å². The summed E-state index contributed by atoms with van der Waals surface area (Å²) in [6.07, 6.45) is 2.49. The number of likely N-dealkylation sites (tertiary alicyclic amines) is 1. The molecule has 3 nitrogen and oxygen atoms in total. The molecule has 0 saturated carbocycles. The third kappa shape index (κ3) is 1.33. The summed E-state index contributed by atoms with van der Waals surface area (Å²) in [6, 6.07) is 0.586. The first kappa shape index (κ1) is 8.05. The standard InChI is InChI=1S/C9H16N2O/c1-7(12)11-5-3-8-2-4-10-9(8)6-11/h8-10H,2-6H2,1H3/t8-,9+/m0/s1. The van der Waals surface area contributed by atoms with Crippen molar-refractivity contribution in [2.24, 2.45) is 5.92 Å². The average molecular weight is 168 g/mol. The van der Waals surface area contributed by atoms with E-state index in [1.165, 1.54) is 12.8 Å². The van der Waals surface area contributed by atoms with Crippen LogP contribution in [0.25, 0.3) is 0 Å². The predicted octanol–water partition coefficient (Wildman–Crippen LogP) is 0.217. The number of amides is 1. The summed E-state index contributed by atoms with van der Waals surface area (Å²) in [5, 5.41) is 3.45. The highest BCUT2D eigenvalue weighted by atomic mass is 16.2. The molecule has 3 heteroatoms. The monoisotopic (exact) mass is 168 g/mol. The van der Waals surface area contributed by atoms with Crippen LogP contribution in [-0.2, 0) is 4.79 Å². The van der Waals surface area contributed by atoms with Gasteiger partial charge in [0.2, 0.25) is 5.91 Å². The molecular formula is C9H16N2O. The van der Waals surface area contributed by atoms with Gasteiger partial charge < -0.3 is 10.2 Å². The van der Waals surface area contributed by atoms with E-state index in [1.807, 2.05) is 4.90 Å². The molecule has 2 aliphatic heterocycles. The van der Waals surface area contributed by atoms with Crippen molar-refractivity contribution in [2.75, 3.05) is 19.6 Å². The molecule has 68 valence electrons. The molecule has 12 heavy (non-hydrogen) atoms. The van der Waals surface area contributed by atoms with Crippen molar-refractivity contribution in [3.05, 3.63) is 0 Å². The fourth-order valence-corrected chi connectivity index (χ4v) is 2.32. The lowest BCUT2D eigenvalue weighted by Crippen LogP contribution is -2.47. The minimum atomic E-state index is 0.224. The van der Waals surface area contributed by atoms with Crippen LogP contribution in [-0.4, -0.2) is 36.5 Å². The molecule has 0 unspecified atom stereocenters. The van der Waals surface area contributed by atoms with Crippen LogP contribution in [0.15, 0.2) is 0 Å². The number of carbonyl (C=O) groups is 1. The Bertz CT molecular complexity index is 193. The molecule has 0 aliphatic carbocycles. The van der Waals surface area contributed by atoms with Gasteiger partial charge in [-0.2, -0.15) is 0 Å². The molecule has 2 rings (SSSR count). The van der Waals surface area contributed by atoms with E-state index in [9.17, 15) is 4.79 Å². The second kappa shape index (κ2) is 3.05. The lowest BCUT2D eigenvalue weighted by molar-refractivity contribution is -0.130. The van der Waals surface area contributed by atoms with Crippen molar-refractivity contribution < 1.29 is 4.79 Å². The molecule has 0 radical (unpaired) electrons. The lowest BCUT2D eigenvalue weighted by Gasteiger charge is -2.34. The Kier molecular flexibility index (Phi) is 2.05. The van der Waals surface area contributed by atoms with Crippen molar-refractivity contribution >= 4 is 5.91 Å². The molecule has 2 fully saturated rings. The molecule has 0 spiro atoms. The molecule has 0 aromatic carbocycles. The van der Waals surface area contributed by atoms with Crippen molar-refractivity contribution in [3.8, 4) is 0 Å². The topological polar surface area (TPSA) is 32.3 Å². The third-order valence-electron chi connectivity index (χ3n) is 3.12. The number of carbonyl (C=O) groups excluding carboxylic acids is 1. The second-order valence-corrected chi connectivity index (χ2v) is 3.86. The summed E-state index contributed by atoms with van der Waals surface area (Å²) >= 11 is 0. The van der Waals surface area contributed by atoms with Crippen molar-refractivity contribution in [1.82, 2.24) is 10.2 Å². The zero-order valence-electron chi connectivity index (χ0n) is 7.55. The van der Waals surface area contributed by atoms with Gasteiger partial charge in [-0.25, -0.2) is 0 Å². The van der Waals surface area contributed by atoms with E-state index in [2.05, 4.69) is 5.32 Å². The van der Waals surface area contributed by atoms with Crippen LogP contribution in [0.2, 0.25) is 0 Å². The Labute approximate surface area is 73.1 Å².